The van der Waals surface area contributed by atoms with Gasteiger partial charge >= 0.3 is 5.97 Å². The fraction of sp³-hybridized carbons (Fsp3) is 0.741. The smallest absolute Gasteiger partial charge is 0.305 e. The molecule has 0 aliphatic carbocycles. The molecule has 0 spiro atoms. The van der Waals surface area contributed by atoms with E-state index in [1.54, 1.807) is 6.07 Å². The molecule has 0 saturated heterocycles. The van der Waals surface area contributed by atoms with Crippen LogP contribution in [0.3, 0.4) is 0 Å². The molecular weight excluding hydrogens is 482 g/mol. The van der Waals surface area contributed by atoms with Crippen LogP contribution in [0.2, 0.25) is 0 Å². The Balaban J connectivity index is 1.69. The van der Waals surface area contributed by atoms with Crippen LogP contribution in [0.5, 0.6) is 5.75 Å². The van der Waals surface area contributed by atoms with Gasteiger partial charge in [0.15, 0.2) is 0 Å². The van der Waals surface area contributed by atoms with E-state index in [9.17, 15) is 4.79 Å². The van der Waals surface area contributed by atoms with Gasteiger partial charge in [0.2, 0.25) is 0 Å². The number of carbonyl (C=O) groups is 1. The molecule has 0 fully saturated rings. The van der Waals surface area contributed by atoms with Crippen molar-refractivity contribution in [1.82, 2.24) is 0 Å². The molecule has 37 heavy (non-hydrogen) atoms. The van der Waals surface area contributed by atoms with Crippen LogP contribution in [0.4, 0.5) is 5.69 Å². The molecule has 0 aliphatic heterocycles. The van der Waals surface area contributed by atoms with E-state index in [2.05, 4.69) is 6.92 Å². The SMILES string of the molecule is CCCCCCC(=O)OCCOCCOCCOCCOCCOCCOCCOc1ccccc1N. The molecule has 0 aromatic heterocycles. The second-order valence-corrected chi connectivity index (χ2v) is 8.09. The number of nitrogens with two attached hydrogens (primary N) is 1. The maximum atomic E-state index is 11.5. The lowest BCUT2D eigenvalue weighted by atomic mass is 10.2. The lowest BCUT2D eigenvalue weighted by Crippen LogP contribution is -2.15. The van der Waals surface area contributed by atoms with Gasteiger partial charge in [-0.15, -0.1) is 0 Å². The normalized spacial score (nSPS) is 11.1. The minimum atomic E-state index is -0.150. The number of anilines is 1. The van der Waals surface area contributed by atoms with Crippen LogP contribution in [-0.4, -0.2) is 98.5 Å². The van der Waals surface area contributed by atoms with E-state index in [1.165, 1.54) is 0 Å². The summed E-state index contributed by atoms with van der Waals surface area (Å²) < 4.78 is 43.3. The molecule has 1 aromatic carbocycles. The number of unbranched alkanes of at least 4 members (excludes halogenated alkanes) is 3. The van der Waals surface area contributed by atoms with Crippen molar-refractivity contribution in [3.63, 3.8) is 0 Å². The Morgan fingerprint density at radius 2 is 1.08 bits per heavy atom. The van der Waals surface area contributed by atoms with Crippen LogP contribution < -0.4 is 10.5 Å². The molecule has 0 radical (unpaired) electrons. The molecule has 10 heteroatoms. The van der Waals surface area contributed by atoms with Crippen LogP contribution in [0, 0.1) is 0 Å². The molecule has 0 atom stereocenters. The first-order chi connectivity index (χ1) is 18.2. The van der Waals surface area contributed by atoms with Gasteiger partial charge in [-0.2, -0.15) is 0 Å². The van der Waals surface area contributed by atoms with E-state index in [0.29, 0.717) is 104 Å². The number of esters is 1. The van der Waals surface area contributed by atoms with Gasteiger partial charge in [-0.25, -0.2) is 0 Å². The van der Waals surface area contributed by atoms with Crippen molar-refractivity contribution in [2.24, 2.45) is 0 Å². The predicted octanol–water partition coefficient (Wildman–Crippen LogP) is 3.26. The van der Waals surface area contributed by atoms with Crippen molar-refractivity contribution in [3.05, 3.63) is 24.3 Å². The second-order valence-electron chi connectivity index (χ2n) is 8.09. The molecule has 0 heterocycles. The minimum Gasteiger partial charge on any atom is -0.489 e. The number of para-hydroxylation sites is 2. The lowest BCUT2D eigenvalue weighted by Gasteiger charge is -2.09. The van der Waals surface area contributed by atoms with E-state index >= 15 is 0 Å². The van der Waals surface area contributed by atoms with Crippen molar-refractivity contribution in [3.8, 4) is 5.75 Å². The van der Waals surface area contributed by atoms with Gasteiger partial charge in [0.25, 0.3) is 0 Å². The summed E-state index contributed by atoms with van der Waals surface area (Å²) in [5.74, 6) is 0.518. The van der Waals surface area contributed by atoms with Crippen molar-refractivity contribution in [2.75, 3.05) is 98.2 Å². The predicted molar refractivity (Wildman–Crippen MR) is 141 cm³/mol. The van der Waals surface area contributed by atoms with Crippen LogP contribution >= 0.6 is 0 Å². The lowest BCUT2D eigenvalue weighted by molar-refractivity contribution is -0.145. The molecule has 1 aromatic rings. The quantitative estimate of drug-likeness (QED) is 0.103. The van der Waals surface area contributed by atoms with E-state index < -0.39 is 0 Å². The van der Waals surface area contributed by atoms with Gasteiger partial charge in [-0.1, -0.05) is 38.3 Å². The zero-order valence-electron chi connectivity index (χ0n) is 22.5. The fourth-order valence-corrected chi connectivity index (χ4v) is 3.01. The fourth-order valence-electron chi connectivity index (χ4n) is 3.01. The molecule has 0 saturated carbocycles. The van der Waals surface area contributed by atoms with Crippen LogP contribution in [-0.2, 0) is 38.0 Å². The van der Waals surface area contributed by atoms with Crippen molar-refractivity contribution in [1.29, 1.82) is 0 Å². The molecule has 0 amide bonds. The highest BCUT2D eigenvalue weighted by Gasteiger charge is 2.02. The Kier molecular flexibility index (Phi) is 23.0. The maximum absolute atomic E-state index is 11.5. The van der Waals surface area contributed by atoms with Crippen molar-refractivity contribution >= 4 is 11.7 Å². The van der Waals surface area contributed by atoms with E-state index in [-0.39, 0.29) is 12.6 Å². The molecule has 0 aliphatic rings. The van der Waals surface area contributed by atoms with Gasteiger partial charge < -0.3 is 43.6 Å². The Hall–Kier alpha value is -1.95. The highest BCUT2D eigenvalue weighted by atomic mass is 16.6. The summed E-state index contributed by atoms with van der Waals surface area (Å²) in [5.41, 5.74) is 6.42. The summed E-state index contributed by atoms with van der Waals surface area (Å²) in [6.45, 7) is 8.63. The van der Waals surface area contributed by atoms with E-state index in [4.69, 9.17) is 43.6 Å². The summed E-state index contributed by atoms with van der Waals surface area (Å²) in [4.78, 5) is 11.5. The van der Waals surface area contributed by atoms with Gasteiger partial charge in [0, 0.05) is 6.42 Å². The molecule has 1 rings (SSSR count). The largest absolute Gasteiger partial charge is 0.489 e. The topological polar surface area (TPSA) is 117 Å². The highest BCUT2D eigenvalue weighted by Crippen LogP contribution is 2.19. The van der Waals surface area contributed by atoms with Crippen molar-refractivity contribution < 1.29 is 42.7 Å². The second kappa shape index (κ2) is 25.7. The number of hydrogen-bond donors (Lipinski definition) is 1. The monoisotopic (exact) mass is 529 g/mol. The zero-order chi connectivity index (χ0) is 26.7. The van der Waals surface area contributed by atoms with Gasteiger partial charge in [0.05, 0.1) is 85.0 Å². The number of hydrogen-bond acceptors (Lipinski definition) is 10. The molecule has 0 unspecified atom stereocenters. The number of benzene rings is 1. The molecular formula is C27H47NO9. The number of nitrogen functional groups attached to an aromatic ring is 1. The van der Waals surface area contributed by atoms with E-state index in [0.717, 1.165) is 25.7 Å². The average Bonchev–Trinajstić information content (AvgIpc) is 2.90. The molecule has 0 bridgehead atoms. The number of rotatable bonds is 27. The number of ether oxygens (including phenoxy) is 8. The summed E-state index contributed by atoms with van der Waals surface area (Å²) in [7, 11) is 0. The van der Waals surface area contributed by atoms with Gasteiger partial charge in [0.1, 0.15) is 19.0 Å². The first kappa shape index (κ1) is 33.1. The van der Waals surface area contributed by atoms with Gasteiger partial charge in [-0.3, -0.25) is 4.79 Å². The molecule has 10 nitrogen and oxygen atoms in total. The van der Waals surface area contributed by atoms with Crippen LogP contribution in [0.25, 0.3) is 0 Å². The Morgan fingerprint density at radius 1 is 0.622 bits per heavy atom. The number of carbonyl (C=O) groups excluding carboxylic acids is 1. The third-order valence-corrected chi connectivity index (χ3v) is 4.99. The summed E-state index contributed by atoms with van der Waals surface area (Å²) in [5, 5.41) is 0. The van der Waals surface area contributed by atoms with Crippen molar-refractivity contribution in [2.45, 2.75) is 39.0 Å². The summed E-state index contributed by atoms with van der Waals surface area (Å²) in [6.07, 6.45) is 4.77. The zero-order valence-corrected chi connectivity index (χ0v) is 22.5. The van der Waals surface area contributed by atoms with Gasteiger partial charge in [-0.05, 0) is 18.6 Å². The Labute approximate surface area is 222 Å². The van der Waals surface area contributed by atoms with Crippen LogP contribution in [0.1, 0.15) is 39.0 Å². The Morgan fingerprint density at radius 3 is 1.57 bits per heavy atom. The standard InChI is InChI=1S/C27H47NO9/c1-2-3-4-5-10-27(29)37-24-22-35-20-18-33-16-14-31-12-11-30-13-15-32-17-19-34-21-23-36-26-9-7-6-8-25(26)28/h6-9H,2-5,10-24,28H2,1H3. The first-order valence-electron chi connectivity index (χ1n) is 13.3. The maximum Gasteiger partial charge on any atom is 0.305 e. The first-order valence-corrected chi connectivity index (χ1v) is 13.3. The molecule has 2 N–H and O–H groups in total. The van der Waals surface area contributed by atoms with E-state index in [1.807, 2.05) is 18.2 Å². The molecule has 214 valence electrons. The van der Waals surface area contributed by atoms with Crippen LogP contribution in [0.15, 0.2) is 24.3 Å². The highest BCUT2D eigenvalue weighted by molar-refractivity contribution is 5.69. The average molecular weight is 530 g/mol. The third-order valence-electron chi connectivity index (χ3n) is 4.99. The summed E-state index contributed by atoms with van der Waals surface area (Å²) >= 11 is 0. The summed E-state index contributed by atoms with van der Waals surface area (Å²) in [6, 6.07) is 7.37. The minimum absolute atomic E-state index is 0.150. The Bertz CT molecular complexity index is 648. The third kappa shape index (κ3) is 21.8.